The normalized spacial score (nSPS) is 21.9. The highest BCUT2D eigenvalue weighted by atomic mass is 16.5. The fourth-order valence-corrected chi connectivity index (χ4v) is 2.45. The van der Waals surface area contributed by atoms with E-state index in [0.717, 1.165) is 37.2 Å². The molecule has 2 N–H and O–H groups in total. The van der Waals surface area contributed by atoms with Gasteiger partial charge < -0.3 is 10.1 Å². The van der Waals surface area contributed by atoms with E-state index in [1.165, 1.54) is 0 Å². The first-order valence-electron chi connectivity index (χ1n) is 5.47. The van der Waals surface area contributed by atoms with Crippen LogP contribution in [0, 0.1) is 0 Å². The first-order valence-corrected chi connectivity index (χ1v) is 5.47. The number of fused-ring (bicyclic) bond motifs is 1. The lowest BCUT2D eigenvalue weighted by molar-refractivity contribution is 0.126. The summed E-state index contributed by atoms with van der Waals surface area (Å²) in [4.78, 5) is 11.6. The van der Waals surface area contributed by atoms with Crippen molar-refractivity contribution in [2.75, 3.05) is 13.1 Å². The molecule has 15 heavy (non-hydrogen) atoms. The van der Waals surface area contributed by atoms with Gasteiger partial charge in [-0.1, -0.05) is 0 Å². The zero-order valence-corrected chi connectivity index (χ0v) is 8.58. The van der Waals surface area contributed by atoms with Crippen molar-refractivity contribution in [2.24, 2.45) is 0 Å². The first-order chi connectivity index (χ1) is 7.36. The smallest absolute Gasteiger partial charge is 0.269 e. The maximum Gasteiger partial charge on any atom is 0.269 e. The highest BCUT2D eigenvalue weighted by Crippen LogP contribution is 2.24. The lowest BCUT2D eigenvalue weighted by atomic mass is 10.1. The second kappa shape index (κ2) is 3.50. The minimum Gasteiger partial charge on any atom is -0.370 e. The summed E-state index contributed by atoms with van der Waals surface area (Å²) in [7, 11) is 0. The van der Waals surface area contributed by atoms with Crippen molar-refractivity contribution in [1.82, 2.24) is 15.1 Å². The monoisotopic (exact) mass is 209 g/mol. The highest BCUT2D eigenvalue weighted by Gasteiger charge is 2.25. The van der Waals surface area contributed by atoms with Crippen LogP contribution in [-0.2, 0) is 18.0 Å². The van der Waals surface area contributed by atoms with Gasteiger partial charge >= 0.3 is 0 Å². The Kier molecular flexibility index (Phi) is 2.14. The van der Waals surface area contributed by atoms with Crippen LogP contribution in [-0.4, -0.2) is 22.9 Å². The maximum absolute atomic E-state index is 11.6. The number of ether oxygens (including phenoxy) is 1. The number of nitrogens with zero attached hydrogens (tertiary/aromatic N) is 1. The van der Waals surface area contributed by atoms with Gasteiger partial charge in [0.25, 0.3) is 5.56 Å². The van der Waals surface area contributed by atoms with Gasteiger partial charge in [-0.25, -0.2) is 0 Å². The molecule has 1 fully saturated rings. The number of aromatic amines is 1. The SMILES string of the molecule is O=c1[nH]n(C2CCNCC2)c2c1COC2. The number of nitrogens with one attached hydrogen (secondary N) is 2. The summed E-state index contributed by atoms with van der Waals surface area (Å²) in [5.41, 5.74) is 1.92. The highest BCUT2D eigenvalue weighted by molar-refractivity contribution is 5.20. The van der Waals surface area contributed by atoms with Crippen LogP contribution in [0.15, 0.2) is 4.79 Å². The standard InChI is InChI=1S/C10H15N3O2/c14-10-8-5-15-6-9(8)13(12-10)7-1-3-11-4-2-7/h7,11H,1-6H2,(H,12,14). The Labute approximate surface area is 87.4 Å². The number of piperidine rings is 1. The molecule has 3 heterocycles. The minimum atomic E-state index is 0.0287. The van der Waals surface area contributed by atoms with E-state index in [9.17, 15) is 4.79 Å². The van der Waals surface area contributed by atoms with Crippen molar-refractivity contribution in [3.8, 4) is 0 Å². The largest absolute Gasteiger partial charge is 0.370 e. The van der Waals surface area contributed by atoms with Crippen molar-refractivity contribution in [1.29, 1.82) is 0 Å². The fraction of sp³-hybridized carbons (Fsp3) is 0.700. The van der Waals surface area contributed by atoms with Gasteiger partial charge in [0.15, 0.2) is 0 Å². The molecular formula is C10H15N3O2. The van der Waals surface area contributed by atoms with Gasteiger partial charge in [-0.15, -0.1) is 0 Å². The Morgan fingerprint density at radius 2 is 2.07 bits per heavy atom. The summed E-state index contributed by atoms with van der Waals surface area (Å²) in [6.07, 6.45) is 2.16. The van der Waals surface area contributed by atoms with Crippen LogP contribution in [0.4, 0.5) is 0 Å². The van der Waals surface area contributed by atoms with Gasteiger partial charge in [0, 0.05) is 0 Å². The molecule has 5 nitrogen and oxygen atoms in total. The molecule has 0 saturated carbocycles. The first kappa shape index (κ1) is 9.18. The quantitative estimate of drug-likeness (QED) is 0.691. The summed E-state index contributed by atoms with van der Waals surface area (Å²) in [5.74, 6) is 0. The van der Waals surface area contributed by atoms with E-state index in [1.54, 1.807) is 0 Å². The van der Waals surface area contributed by atoms with Gasteiger partial charge in [-0.3, -0.25) is 14.6 Å². The van der Waals surface area contributed by atoms with Crippen LogP contribution in [0.3, 0.4) is 0 Å². The number of hydrogen-bond donors (Lipinski definition) is 2. The molecular weight excluding hydrogens is 194 g/mol. The molecule has 2 aliphatic rings. The third-order valence-electron chi connectivity index (χ3n) is 3.29. The molecule has 0 aliphatic carbocycles. The topological polar surface area (TPSA) is 59.0 Å². The number of aromatic nitrogens is 2. The van der Waals surface area contributed by atoms with Crippen molar-refractivity contribution >= 4 is 0 Å². The fourth-order valence-electron chi connectivity index (χ4n) is 2.45. The van der Waals surface area contributed by atoms with E-state index in [2.05, 4.69) is 10.4 Å². The molecule has 0 amide bonds. The Bertz CT molecular complexity index is 415. The second-order valence-electron chi connectivity index (χ2n) is 4.21. The molecule has 0 unspecified atom stereocenters. The third-order valence-corrected chi connectivity index (χ3v) is 3.29. The lowest BCUT2D eigenvalue weighted by Gasteiger charge is -2.24. The van der Waals surface area contributed by atoms with Crippen molar-refractivity contribution in [2.45, 2.75) is 32.1 Å². The molecule has 1 aromatic heterocycles. The number of rotatable bonds is 1. The summed E-state index contributed by atoms with van der Waals surface area (Å²) in [5, 5.41) is 6.26. The van der Waals surface area contributed by atoms with E-state index >= 15 is 0 Å². The predicted molar refractivity (Wildman–Crippen MR) is 54.7 cm³/mol. The molecule has 82 valence electrons. The van der Waals surface area contributed by atoms with Gasteiger partial charge in [-0.2, -0.15) is 0 Å². The molecule has 0 bridgehead atoms. The lowest BCUT2D eigenvalue weighted by Crippen LogP contribution is -2.31. The Morgan fingerprint density at radius 3 is 2.87 bits per heavy atom. The predicted octanol–water partition coefficient (Wildman–Crippen LogP) is 0.131. The van der Waals surface area contributed by atoms with E-state index in [-0.39, 0.29) is 5.56 Å². The van der Waals surface area contributed by atoms with E-state index < -0.39 is 0 Å². The minimum absolute atomic E-state index is 0.0287. The molecule has 1 aromatic rings. The van der Waals surface area contributed by atoms with Crippen LogP contribution in [0.5, 0.6) is 0 Å². The second-order valence-corrected chi connectivity index (χ2v) is 4.21. The van der Waals surface area contributed by atoms with Gasteiger partial charge in [0.2, 0.25) is 0 Å². The number of H-pyrrole nitrogens is 1. The average molecular weight is 209 g/mol. The van der Waals surface area contributed by atoms with Gasteiger partial charge in [0.05, 0.1) is 30.5 Å². The summed E-state index contributed by atoms with van der Waals surface area (Å²) < 4.78 is 7.34. The van der Waals surface area contributed by atoms with Gasteiger partial charge in [-0.05, 0) is 25.9 Å². The molecule has 0 spiro atoms. The van der Waals surface area contributed by atoms with Crippen molar-refractivity contribution in [3.63, 3.8) is 0 Å². The molecule has 5 heteroatoms. The molecule has 0 aromatic carbocycles. The van der Waals surface area contributed by atoms with E-state index in [1.807, 2.05) is 4.68 Å². The zero-order valence-electron chi connectivity index (χ0n) is 8.58. The van der Waals surface area contributed by atoms with Crippen molar-refractivity contribution in [3.05, 3.63) is 21.6 Å². The molecule has 2 aliphatic heterocycles. The summed E-state index contributed by atoms with van der Waals surface area (Å²) in [6, 6.07) is 0.435. The molecule has 1 saturated heterocycles. The third kappa shape index (κ3) is 1.42. The van der Waals surface area contributed by atoms with E-state index in [0.29, 0.717) is 19.3 Å². The van der Waals surface area contributed by atoms with Crippen molar-refractivity contribution < 1.29 is 4.74 Å². The van der Waals surface area contributed by atoms with Crippen LogP contribution in [0.2, 0.25) is 0 Å². The Morgan fingerprint density at radius 1 is 1.27 bits per heavy atom. The van der Waals surface area contributed by atoms with E-state index in [4.69, 9.17) is 4.74 Å². The number of hydrogen-bond acceptors (Lipinski definition) is 3. The average Bonchev–Trinajstić information content (AvgIpc) is 2.84. The van der Waals surface area contributed by atoms with Crippen LogP contribution in [0.25, 0.3) is 0 Å². The molecule has 0 radical (unpaired) electrons. The van der Waals surface area contributed by atoms with Gasteiger partial charge in [0.1, 0.15) is 0 Å². The molecule has 0 atom stereocenters. The van der Waals surface area contributed by atoms with Crippen LogP contribution < -0.4 is 10.9 Å². The zero-order chi connectivity index (χ0) is 10.3. The Hall–Kier alpha value is -1.07. The van der Waals surface area contributed by atoms with Crippen LogP contribution >= 0.6 is 0 Å². The molecule has 3 rings (SSSR count). The summed E-state index contributed by atoms with van der Waals surface area (Å²) >= 11 is 0. The Balaban J connectivity index is 1.97. The van der Waals surface area contributed by atoms with Crippen LogP contribution in [0.1, 0.15) is 30.1 Å². The maximum atomic E-state index is 11.6. The summed E-state index contributed by atoms with van der Waals surface area (Å²) in [6.45, 7) is 3.11.